The monoisotopic (exact) mass is 261 g/mol. The van der Waals surface area contributed by atoms with Crippen LogP contribution in [0.25, 0.3) is 0 Å². The first kappa shape index (κ1) is 15.5. The van der Waals surface area contributed by atoms with Crippen LogP contribution in [0.2, 0.25) is 0 Å². The van der Waals surface area contributed by atoms with Crippen LogP contribution in [0.3, 0.4) is 0 Å². The molecule has 5 nitrogen and oxygen atoms in total. The first-order valence-corrected chi connectivity index (χ1v) is 4.87. The number of benzene rings is 1. The topological polar surface area (TPSA) is 92.8 Å². The predicted octanol–water partition coefficient (Wildman–Crippen LogP) is 1.34. The fourth-order valence-corrected chi connectivity index (χ4v) is 1.51. The van der Waals surface area contributed by atoms with Crippen LogP contribution in [-0.4, -0.2) is 29.8 Å². The van der Waals surface area contributed by atoms with Gasteiger partial charge in [-0.25, -0.2) is 0 Å². The van der Waals surface area contributed by atoms with Gasteiger partial charge in [0.2, 0.25) is 0 Å². The fourth-order valence-electron chi connectivity index (χ4n) is 1.51. The van der Waals surface area contributed by atoms with Crippen molar-refractivity contribution in [1.29, 1.82) is 0 Å². The van der Waals surface area contributed by atoms with Crippen molar-refractivity contribution in [2.24, 2.45) is 5.73 Å². The van der Waals surface area contributed by atoms with Crippen molar-refractivity contribution >= 4 is 18.4 Å². The molecule has 4 N–H and O–H groups in total. The zero-order chi connectivity index (χ0) is 12.1. The van der Waals surface area contributed by atoms with E-state index in [-0.39, 0.29) is 37.0 Å². The van der Waals surface area contributed by atoms with E-state index >= 15 is 0 Å². The molecule has 0 radical (unpaired) electrons. The largest absolute Gasteiger partial charge is 0.504 e. The van der Waals surface area contributed by atoms with Crippen LogP contribution < -0.4 is 10.5 Å². The maximum Gasteiger partial charge on any atom is 0.304 e. The van der Waals surface area contributed by atoms with Crippen LogP contribution in [0.1, 0.15) is 17.9 Å². The molecule has 1 aromatic carbocycles. The van der Waals surface area contributed by atoms with Crippen molar-refractivity contribution in [3.05, 3.63) is 23.8 Å². The van der Waals surface area contributed by atoms with E-state index < -0.39 is 5.97 Å². The van der Waals surface area contributed by atoms with Gasteiger partial charge < -0.3 is 20.7 Å². The third kappa shape index (κ3) is 4.13. The first-order chi connectivity index (χ1) is 7.58. The van der Waals surface area contributed by atoms with E-state index in [9.17, 15) is 9.90 Å². The number of carbonyl (C=O) groups is 1. The van der Waals surface area contributed by atoms with Crippen LogP contribution in [0, 0.1) is 0 Å². The molecule has 0 fully saturated rings. The van der Waals surface area contributed by atoms with Gasteiger partial charge in [-0.1, -0.05) is 6.07 Å². The summed E-state index contributed by atoms with van der Waals surface area (Å²) in [5.74, 6) is -0.862. The third-order valence-corrected chi connectivity index (χ3v) is 2.38. The molecule has 96 valence electrons. The second-order valence-electron chi connectivity index (χ2n) is 3.46. The minimum absolute atomic E-state index is 0. The molecule has 0 spiro atoms. The fraction of sp³-hybridized carbons (Fsp3) is 0.364. The van der Waals surface area contributed by atoms with Crippen molar-refractivity contribution in [2.75, 3.05) is 13.7 Å². The standard InChI is InChI=1S/C11H15NO4.ClH/c1-16-10-3-2-7(4-9(10)13)8(6-12)5-11(14)15;/h2-4,8,13H,5-6,12H2,1H3,(H,14,15);1H. The maximum absolute atomic E-state index is 10.6. The number of phenols is 1. The van der Waals surface area contributed by atoms with Crippen molar-refractivity contribution < 1.29 is 19.7 Å². The first-order valence-electron chi connectivity index (χ1n) is 4.87. The van der Waals surface area contributed by atoms with Gasteiger partial charge in [0.1, 0.15) is 0 Å². The minimum atomic E-state index is -0.911. The van der Waals surface area contributed by atoms with Gasteiger partial charge in [-0.05, 0) is 24.2 Å². The van der Waals surface area contributed by atoms with Gasteiger partial charge in [0, 0.05) is 5.92 Å². The number of aliphatic carboxylic acids is 1. The number of nitrogens with two attached hydrogens (primary N) is 1. The van der Waals surface area contributed by atoms with E-state index in [1.807, 2.05) is 0 Å². The predicted molar refractivity (Wildman–Crippen MR) is 66.0 cm³/mol. The number of phenolic OH excluding ortho intramolecular Hbond substituents is 1. The van der Waals surface area contributed by atoms with E-state index in [2.05, 4.69) is 0 Å². The van der Waals surface area contributed by atoms with E-state index in [0.29, 0.717) is 11.3 Å². The molecule has 17 heavy (non-hydrogen) atoms. The highest BCUT2D eigenvalue weighted by Crippen LogP contribution is 2.30. The third-order valence-electron chi connectivity index (χ3n) is 2.38. The van der Waals surface area contributed by atoms with Crippen molar-refractivity contribution in [3.63, 3.8) is 0 Å². The Hall–Kier alpha value is -1.46. The molecule has 0 bridgehead atoms. The SMILES string of the molecule is COc1ccc(C(CN)CC(=O)O)cc1O.Cl. The van der Waals surface area contributed by atoms with Crippen molar-refractivity contribution in [1.82, 2.24) is 0 Å². The summed E-state index contributed by atoms with van der Waals surface area (Å²) in [7, 11) is 1.45. The maximum atomic E-state index is 10.6. The second-order valence-corrected chi connectivity index (χ2v) is 3.46. The van der Waals surface area contributed by atoms with Crippen LogP contribution in [-0.2, 0) is 4.79 Å². The lowest BCUT2D eigenvalue weighted by atomic mass is 9.95. The molecule has 0 amide bonds. The molecule has 1 unspecified atom stereocenters. The van der Waals surface area contributed by atoms with Gasteiger partial charge in [0.25, 0.3) is 0 Å². The van der Waals surface area contributed by atoms with E-state index in [0.717, 1.165) is 0 Å². The number of ether oxygens (including phenoxy) is 1. The number of halogens is 1. The number of carboxylic acid groups (broad SMARTS) is 1. The van der Waals surface area contributed by atoms with Crippen molar-refractivity contribution in [2.45, 2.75) is 12.3 Å². The number of hydrogen-bond donors (Lipinski definition) is 3. The summed E-state index contributed by atoms with van der Waals surface area (Å²) in [6, 6.07) is 4.79. The Morgan fingerprint density at radius 1 is 1.53 bits per heavy atom. The number of methoxy groups -OCH3 is 1. The second kappa shape index (κ2) is 6.98. The van der Waals surface area contributed by atoms with Crippen LogP contribution in [0.15, 0.2) is 18.2 Å². The van der Waals surface area contributed by atoms with Gasteiger partial charge in [0.05, 0.1) is 13.5 Å². The molecular formula is C11H16ClNO4. The van der Waals surface area contributed by atoms with Gasteiger partial charge in [0.15, 0.2) is 11.5 Å². The molecule has 0 aliphatic heterocycles. The zero-order valence-corrected chi connectivity index (χ0v) is 10.2. The number of carboxylic acids is 1. The van der Waals surface area contributed by atoms with Crippen LogP contribution in [0.4, 0.5) is 0 Å². The van der Waals surface area contributed by atoms with E-state index in [1.165, 1.54) is 13.2 Å². The molecular weight excluding hydrogens is 246 g/mol. The molecule has 0 heterocycles. The smallest absolute Gasteiger partial charge is 0.304 e. The normalized spacial score (nSPS) is 11.4. The number of hydrogen-bond acceptors (Lipinski definition) is 4. The molecule has 0 saturated heterocycles. The molecule has 0 aromatic heterocycles. The van der Waals surface area contributed by atoms with E-state index in [1.54, 1.807) is 12.1 Å². The highest BCUT2D eigenvalue weighted by atomic mass is 35.5. The minimum Gasteiger partial charge on any atom is -0.504 e. The van der Waals surface area contributed by atoms with Crippen molar-refractivity contribution in [3.8, 4) is 11.5 Å². The summed E-state index contributed by atoms with van der Waals surface area (Å²) in [4.78, 5) is 10.6. The van der Waals surface area contributed by atoms with Gasteiger partial charge >= 0.3 is 5.97 Å². The molecule has 0 aliphatic rings. The molecule has 1 atom stereocenters. The average molecular weight is 262 g/mol. The molecule has 1 rings (SSSR count). The van der Waals surface area contributed by atoms with Gasteiger partial charge in [-0.3, -0.25) is 4.79 Å². The average Bonchev–Trinajstić information content (AvgIpc) is 2.25. The number of rotatable bonds is 5. The summed E-state index contributed by atoms with van der Waals surface area (Å²) >= 11 is 0. The van der Waals surface area contributed by atoms with Gasteiger partial charge in [-0.15, -0.1) is 12.4 Å². The Kier molecular flexibility index (Phi) is 6.38. The summed E-state index contributed by atoms with van der Waals surface area (Å²) in [6.07, 6.45) is -0.0533. The van der Waals surface area contributed by atoms with Crippen LogP contribution in [0.5, 0.6) is 11.5 Å². The Labute approximate surface area is 106 Å². The molecule has 0 aliphatic carbocycles. The summed E-state index contributed by atoms with van der Waals surface area (Å²) in [6.45, 7) is 0.220. The summed E-state index contributed by atoms with van der Waals surface area (Å²) in [5.41, 5.74) is 6.19. The Morgan fingerprint density at radius 3 is 2.59 bits per heavy atom. The Balaban J connectivity index is 0.00000256. The van der Waals surface area contributed by atoms with E-state index in [4.69, 9.17) is 15.6 Å². The Morgan fingerprint density at radius 2 is 2.18 bits per heavy atom. The lowest BCUT2D eigenvalue weighted by Crippen LogP contribution is -2.16. The quantitative estimate of drug-likeness (QED) is 0.744. The highest BCUT2D eigenvalue weighted by molar-refractivity contribution is 5.85. The highest BCUT2D eigenvalue weighted by Gasteiger charge is 2.15. The lowest BCUT2D eigenvalue weighted by Gasteiger charge is -2.14. The lowest BCUT2D eigenvalue weighted by molar-refractivity contribution is -0.137. The zero-order valence-electron chi connectivity index (χ0n) is 9.42. The van der Waals surface area contributed by atoms with Crippen LogP contribution >= 0.6 is 12.4 Å². The molecule has 0 saturated carbocycles. The summed E-state index contributed by atoms with van der Waals surface area (Å²) in [5, 5.41) is 18.3. The number of aromatic hydroxyl groups is 1. The summed E-state index contributed by atoms with van der Waals surface area (Å²) < 4.78 is 4.90. The van der Waals surface area contributed by atoms with Gasteiger partial charge in [-0.2, -0.15) is 0 Å². The Bertz CT molecular complexity index is 384. The molecule has 6 heteroatoms. The molecule has 1 aromatic rings.